The molecular weight excluding hydrogens is 449 g/mol. The minimum atomic E-state index is 0. The Kier molecular flexibility index (Phi) is 10.5. The van der Waals surface area contributed by atoms with Gasteiger partial charge >= 0.3 is 0 Å². The van der Waals surface area contributed by atoms with Crippen molar-refractivity contribution in [3.05, 3.63) is 70.2 Å². The van der Waals surface area contributed by atoms with Gasteiger partial charge in [-0.25, -0.2) is 4.99 Å². The van der Waals surface area contributed by atoms with E-state index >= 15 is 0 Å². The molecule has 0 atom stereocenters. The molecule has 4 nitrogen and oxygen atoms in total. The third kappa shape index (κ3) is 7.22. The van der Waals surface area contributed by atoms with Gasteiger partial charge in [0, 0.05) is 18.1 Å². The van der Waals surface area contributed by atoms with E-state index in [2.05, 4.69) is 15.6 Å². The molecular formula is C19H25ClIN3O. The molecule has 0 spiro atoms. The number of aliphatic hydroxyl groups excluding tert-OH is 1. The molecule has 0 aromatic heterocycles. The largest absolute Gasteiger partial charge is 0.392 e. The zero-order chi connectivity index (χ0) is 17.2. The predicted octanol–water partition coefficient (Wildman–Crippen LogP) is 3.75. The van der Waals surface area contributed by atoms with Crippen LogP contribution in [0.3, 0.4) is 0 Å². The second kappa shape index (κ2) is 12.1. The summed E-state index contributed by atoms with van der Waals surface area (Å²) in [6.45, 7) is 4.13. The number of hydrogen-bond acceptors (Lipinski definition) is 2. The standard InChI is InChI=1S/C19H24ClN3O.HI/c1-2-21-19(22-12-11-15-7-5-6-10-18(15)20)23-13-16-8-3-4-9-17(16)14-24;/h3-10,24H,2,11-14H2,1H3,(H2,21,22,23);1H. The first kappa shape index (κ1) is 21.7. The maximum absolute atomic E-state index is 9.39. The monoisotopic (exact) mass is 473 g/mol. The molecule has 0 unspecified atom stereocenters. The van der Waals surface area contributed by atoms with Gasteiger partial charge in [-0.3, -0.25) is 0 Å². The highest BCUT2D eigenvalue weighted by atomic mass is 127. The van der Waals surface area contributed by atoms with Crippen molar-refractivity contribution >= 4 is 41.5 Å². The van der Waals surface area contributed by atoms with Crippen molar-refractivity contribution in [3.8, 4) is 0 Å². The lowest BCUT2D eigenvalue weighted by molar-refractivity contribution is 0.280. The molecule has 0 amide bonds. The van der Waals surface area contributed by atoms with Gasteiger partial charge in [0.1, 0.15) is 0 Å². The fourth-order valence-electron chi connectivity index (χ4n) is 2.39. The van der Waals surface area contributed by atoms with Crippen molar-refractivity contribution < 1.29 is 5.11 Å². The molecule has 0 bridgehead atoms. The SMILES string of the molecule is CCNC(=NCc1ccccc1CO)NCCc1ccccc1Cl.I. The Labute approximate surface area is 171 Å². The van der Waals surface area contributed by atoms with Gasteiger partial charge in [0.2, 0.25) is 0 Å². The lowest BCUT2D eigenvalue weighted by atomic mass is 10.1. The highest BCUT2D eigenvalue weighted by Gasteiger charge is 2.03. The molecule has 0 heterocycles. The fraction of sp³-hybridized carbons (Fsp3) is 0.316. The summed E-state index contributed by atoms with van der Waals surface area (Å²) in [4.78, 5) is 4.60. The van der Waals surface area contributed by atoms with Gasteiger partial charge in [0.05, 0.1) is 13.2 Å². The second-order valence-corrected chi connectivity index (χ2v) is 5.80. The van der Waals surface area contributed by atoms with Gasteiger partial charge in [-0.05, 0) is 36.1 Å². The summed E-state index contributed by atoms with van der Waals surface area (Å²) >= 11 is 6.18. The van der Waals surface area contributed by atoms with Crippen LogP contribution >= 0.6 is 35.6 Å². The highest BCUT2D eigenvalue weighted by Crippen LogP contribution is 2.14. The van der Waals surface area contributed by atoms with Crippen LogP contribution in [0, 0.1) is 0 Å². The molecule has 6 heteroatoms. The number of benzene rings is 2. The Morgan fingerprint density at radius 1 is 1.00 bits per heavy atom. The smallest absolute Gasteiger partial charge is 0.191 e. The quantitative estimate of drug-likeness (QED) is 0.326. The normalized spacial score (nSPS) is 10.9. The van der Waals surface area contributed by atoms with E-state index in [1.165, 1.54) is 0 Å². The summed E-state index contributed by atoms with van der Waals surface area (Å²) in [5.41, 5.74) is 3.06. The summed E-state index contributed by atoms with van der Waals surface area (Å²) in [6, 6.07) is 15.7. The van der Waals surface area contributed by atoms with E-state index in [4.69, 9.17) is 11.6 Å². The van der Waals surface area contributed by atoms with E-state index < -0.39 is 0 Å². The van der Waals surface area contributed by atoms with Crippen LogP contribution < -0.4 is 10.6 Å². The molecule has 0 aliphatic rings. The molecule has 0 fully saturated rings. The van der Waals surface area contributed by atoms with Crippen LogP contribution in [0.2, 0.25) is 5.02 Å². The molecule has 0 saturated heterocycles. The number of hydrogen-bond donors (Lipinski definition) is 3. The number of halogens is 2. The van der Waals surface area contributed by atoms with E-state index in [1.54, 1.807) is 0 Å². The molecule has 0 radical (unpaired) electrons. The van der Waals surface area contributed by atoms with Gasteiger partial charge in [-0.1, -0.05) is 54.1 Å². The van der Waals surface area contributed by atoms with Gasteiger partial charge in [-0.15, -0.1) is 24.0 Å². The Morgan fingerprint density at radius 2 is 1.64 bits per heavy atom. The zero-order valence-corrected chi connectivity index (χ0v) is 17.4. The second-order valence-electron chi connectivity index (χ2n) is 5.39. The summed E-state index contributed by atoms with van der Waals surface area (Å²) in [5.74, 6) is 0.761. The van der Waals surface area contributed by atoms with E-state index in [1.807, 2.05) is 55.5 Å². The van der Waals surface area contributed by atoms with E-state index in [-0.39, 0.29) is 30.6 Å². The minimum Gasteiger partial charge on any atom is -0.392 e. The fourth-order valence-corrected chi connectivity index (χ4v) is 2.62. The number of aliphatic imine (C=N–C) groups is 1. The van der Waals surface area contributed by atoms with Gasteiger partial charge in [-0.2, -0.15) is 0 Å². The first-order valence-electron chi connectivity index (χ1n) is 8.17. The van der Waals surface area contributed by atoms with Crippen molar-refractivity contribution in [2.45, 2.75) is 26.5 Å². The molecule has 0 aliphatic heterocycles. The van der Waals surface area contributed by atoms with Gasteiger partial charge in [0.15, 0.2) is 5.96 Å². The third-order valence-electron chi connectivity index (χ3n) is 3.69. The Balaban J connectivity index is 0.00000312. The molecule has 2 rings (SSSR count). The van der Waals surface area contributed by atoms with Crippen LogP contribution in [0.5, 0.6) is 0 Å². The molecule has 3 N–H and O–H groups in total. The average molecular weight is 474 g/mol. The Hall–Kier alpha value is -1.31. The maximum atomic E-state index is 9.39. The van der Waals surface area contributed by atoms with Crippen LogP contribution in [0.25, 0.3) is 0 Å². The van der Waals surface area contributed by atoms with Crippen molar-refractivity contribution in [2.24, 2.45) is 4.99 Å². The number of guanidine groups is 1. The predicted molar refractivity (Wildman–Crippen MR) is 116 cm³/mol. The topological polar surface area (TPSA) is 56.7 Å². The Morgan fingerprint density at radius 3 is 2.28 bits per heavy atom. The summed E-state index contributed by atoms with van der Waals surface area (Å²) in [5, 5.41) is 16.7. The van der Waals surface area contributed by atoms with Crippen molar-refractivity contribution in [1.82, 2.24) is 10.6 Å². The summed E-state index contributed by atoms with van der Waals surface area (Å²) < 4.78 is 0. The van der Waals surface area contributed by atoms with E-state index in [0.29, 0.717) is 6.54 Å². The number of rotatable bonds is 7. The average Bonchev–Trinajstić information content (AvgIpc) is 2.61. The molecule has 25 heavy (non-hydrogen) atoms. The summed E-state index contributed by atoms with van der Waals surface area (Å²) in [7, 11) is 0. The van der Waals surface area contributed by atoms with E-state index in [0.717, 1.165) is 47.2 Å². The molecule has 2 aromatic rings. The lowest BCUT2D eigenvalue weighted by Crippen LogP contribution is -2.38. The van der Waals surface area contributed by atoms with Crippen LogP contribution in [-0.4, -0.2) is 24.2 Å². The maximum Gasteiger partial charge on any atom is 0.191 e. The highest BCUT2D eigenvalue weighted by molar-refractivity contribution is 14.0. The van der Waals surface area contributed by atoms with Crippen molar-refractivity contribution in [3.63, 3.8) is 0 Å². The van der Waals surface area contributed by atoms with Crippen LogP contribution in [0.4, 0.5) is 0 Å². The number of nitrogens with one attached hydrogen (secondary N) is 2. The van der Waals surface area contributed by atoms with Gasteiger partial charge in [0.25, 0.3) is 0 Å². The number of aliphatic hydroxyl groups is 1. The Bertz CT molecular complexity index is 679. The van der Waals surface area contributed by atoms with Crippen LogP contribution in [0.1, 0.15) is 23.6 Å². The number of nitrogens with zero attached hydrogens (tertiary/aromatic N) is 1. The first-order valence-corrected chi connectivity index (χ1v) is 8.55. The zero-order valence-electron chi connectivity index (χ0n) is 14.3. The van der Waals surface area contributed by atoms with E-state index in [9.17, 15) is 5.11 Å². The van der Waals surface area contributed by atoms with Crippen LogP contribution in [0.15, 0.2) is 53.5 Å². The lowest BCUT2D eigenvalue weighted by Gasteiger charge is -2.12. The third-order valence-corrected chi connectivity index (χ3v) is 4.05. The minimum absolute atomic E-state index is 0. The van der Waals surface area contributed by atoms with Crippen molar-refractivity contribution in [2.75, 3.05) is 13.1 Å². The van der Waals surface area contributed by atoms with Crippen molar-refractivity contribution in [1.29, 1.82) is 0 Å². The van der Waals surface area contributed by atoms with Crippen LogP contribution in [-0.2, 0) is 19.6 Å². The molecule has 0 saturated carbocycles. The molecule has 2 aromatic carbocycles. The van der Waals surface area contributed by atoms with Gasteiger partial charge < -0.3 is 15.7 Å². The molecule has 0 aliphatic carbocycles. The molecule has 136 valence electrons. The first-order chi connectivity index (χ1) is 11.7. The summed E-state index contributed by atoms with van der Waals surface area (Å²) in [6.07, 6.45) is 0.831.